The maximum Gasteiger partial charge on any atom is 0.319 e. The number of hydrogen-bond donors (Lipinski definition) is 3. The molecule has 0 bridgehead atoms. The van der Waals surface area contributed by atoms with Gasteiger partial charge in [-0.1, -0.05) is 0 Å². The second kappa shape index (κ2) is 5.61. The summed E-state index contributed by atoms with van der Waals surface area (Å²) in [4.78, 5) is 11.8. The van der Waals surface area contributed by atoms with Crippen LogP contribution in [0.15, 0.2) is 22.9 Å². The molecule has 2 aromatic heterocycles. The van der Waals surface area contributed by atoms with E-state index in [0.717, 1.165) is 5.76 Å². The minimum atomic E-state index is -1.20. The molecule has 0 aliphatic rings. The lowest BCUT2D eigenvalue weighted by Gasteiger charge is -2.23. The normalized spacial score (nSPS) is 13.8. The molecular weight excluding hydrogens is 272 g/mol. The van der Waals surface area contributed by atoms with E-state index in [-0.39, 0.29) is 6.54 Å². The van der Waals surface area contributed by atoms with Crippen LogP contribution in [0.3, 0.4) is 0 Å². The Hall–Kier alpha value is -2.28. The van der Waals surface area contributed by atoms with Crippen molar-refractivity contribution in [3.05, 3.63) is 35.5 Å². The molecule has 0 saturated heterocycles. The van der Waals surface area contributed by atoms with Gasteiger partial charge in [0.05, 0.1) is 18.4 Å². The van der Waals surface area contributed by atoms with E-state index in [0.29, 0.717) is 17.0 Å². The fraction of sp³-hybridized carbons (Fsp3) is 0.429. The largest absolute Gasteiger partial charge is 0.466 e. The van der Waals surface area contributed by atoms with Crippen molar-refractivity contribution in [1.29, 1.82) is 0 Å². The Balaban J connectivity index is 1.95. The van der Waals surface area contributed by atoms with E-state index in [1.165, 1.54) is 0 Å². The summed E-state index contributed by atoms with van der Waals surface area (Å²) in [5.41, 5.74) is 0.0559. The van der Waals surface area contributed by atoms with Gasteiger partial charge in [0.15, 0.2) is 0 Å². The summed E-state index contributed by atoms with van der Waals surface area (Å²) < 4.78 is 6.99. The fourth-order valence-corrected chi connectivity index (χ4v) is 2.17. The third kappa shape index (κ3) is 3.63. The van der Waals surface area contributed by atoms with Gasteiger partial charge >= 0.3 is 6.03 Å². The van der Waals surface area contributed by atoms with Crippen LogP contribution in [-0.4, -0.2) is 27.5 Å². The minimum Gasteiger partial charge on any atom is -0.466 e. The Morgan fingerprint density at radius 1 is 1.52 bits per heavy atom. The first-order valence-corrected chi connectivity index (χ1v) is 6.61. The highest BCUT2D eigenvalue weighted by molar-refractivity contribution is 5.88. The van der Waals surface area contributed by atoms with E-state index >= 15 is 0 Å². The molecule has 0 aliphatic heterocycles. The van der Waals surface area contributed by atoms with Crippen LogP contribution in [-0.2, 0) is 12.6 Å². The molecule has 0 spiro atoms. The monoisotopic (exact) mass is 292 g/mol. The zero-order valence-corrected chi connectivity index (χ0v) is 12.6. The summed E-state index contributed by atoms with van der Waals surface area (Å²) in [6, 6.07) is 1.37. The van der Waals surface area contributed by atoms with Gasteiger partial charge in [0, 0.05) is 18.8 Å². The Morgan fingerprint density at radius 3 is 2.76 bits per heavy atom. The standard InChI is InChI=1S/C14H20N4O3/c1-9-5-12(10(2)21-9)14(3,20)8-15-13(19)17-11-6-16-18(4)7-11/h5-7,20H,8H2,1-4H3,(H2,15,17,19)/t14-/m1/s1. The van der Waals surface area contributed by atoms with Gasteiger partial charge in [-0.3, -0.25) is 4.68 Å². The van der Waals surface area contributed by atoms with E-state index in [9.17, 15) is 9.90 Å². The first-order chi connectivity index (χ1) is 9.78. The van der Waals surface area contributed by atoms with Crippen molar-refractivity contribution in [3.8, 4) is 0 Å². The number of amides is 2. The van der Waals surface area contributed by atoms with Crippen LogP contribution in [0.1, 0.15) is 24.0 Å². The number of aromatic nitrogens is 2. The molecule has 0 unspecified atom stereocenters. The first-order valence-electron chi connectivity index (χ1n) is 6.61. The highest BCUT2D eigenvalue weighted by atomic mass is 16.3. The molecule has 0 aromatic carbocycles. The number of carbonyl (C=O) groups is 1. The van der Waals surface area contributed by atoms with Crippen LogP contribution < -0.4 is 10.6 Å². The number of rotatable bonds is 4. The van der Waals surface area contributed by atoms with Gasteiger partial charge in [-0.25, -0.2) is 4.79 Å². The molecule has 3 N–H and O–H groups in total. The van der Waals surface area contributed by atoms with E-state index in [1.54, 1.807) is 44.0 Å². The van der Waals surface area contributed by atoms with Gasteiger partial charge in [0.25, 0.3) is 0 Å². The number of anilines is 1. The summed E-state index contributed by atoms with van der Waals surface area (Å²) in [7, 11) is 1.76. The van der Waals surface area contributed by atoms with Gasteiger partial charge in [0.2, 0.25) is 0 Å². The first kappa shape index (κ1) is 15.1. The zero-order chi connectivity index (χ0) is 15.6. The molecule has 114 valence electrons. The van der Waals surface area contributed by atoms with Gasteiger partial charge in [-0.15, -0.1) is 0 Å². The van der Waals surface area contributed by atoms with Crippen molar-refractivity contribution in [2.45, 2.75) is 26.4 Å². The molecule has 2 amide bonds. The Labute approximate surface area is 123 Å². The maximum absolute atomic E-state index is 11.8. The number of urea groups is 1. The molecule has 0 fully saturated rings. The SMILES string of the molecule is Cc1cc([C@](C)(O)CNC(=O)Nc2cnn(C)c2)c(C)o1. The van der Waals surface area contributed by atoms with Gasteiger partial charge in [0.1, 0.15) is 17.1 Å². The van der Waals surface area contributed by atoms with E-state index in [1.807, 2.05) is 6.92 Å². The summed E-state index contributed by atoms with van der Waals surface area (Å²) in [5, 5.41) is 19.7. The van der Waals surface area contributed by atoms with E-state index in [4.69, 9.17) is 4.42 Å². The topological polar surface area (TPSA) is 92.3 Å². The van der Waals surface area contributed by atoms with E-state index in [2.05, 4.69) is 15.7 Å². The number of aliphatic hydroxyl groups is 1. The molecule has 7 nitrogen and oxygen atoms in total. The summed E-state index contributed by atoms with van der Waals surface area (Å²) in [6.07, 6.45) is 3.22. The molecule has 0 saturated carbocycles. The maximum atomic E-state index is 11.8. The molecule has 7 heteroatoms. The zero-order valence-electron chi connectivity index (χ0n) is 12.6. The van der Waals surface area contributed by atoms with Gasteiger partial charge in [-0.2, -0.15) is 5.10 Å². The quantitative estimate of drug-likeness (QED) is 0.799. The summed E-state index contributed by atoms with van der Waals surface area (Å²) >= 11 is 0. The minimum absolute atomic E-state index is 0.0684. The predicted octanol–water partition coefficient (Wildman–Crippen LogP) is 1.66. The number of furan rings is 1. The van der Waals surface area contributed by atoms with Crippen molar-refractivity contribution in [2.24, 2.45) is 7.05 Å². The second-order valence-electron chi connectivity index (χ2n) is 5.31. The third-order valence-electron chi connectivity index (χ3n) is 3.18. The highest BCUT2D eigenvalue weighted by Gasteiger charge is 2.28. The molecule has 2 heterocycles. The average molecular weight is 292 g/mol. The molecule has 2 aromatic rings. The van der Waals surface area contributed by atoms with Crippen LogP contribution in [0.2, 0.25) is 0 Å². The van der Waals surface area contributed by atoms with Crippen LogP contribution >= 0.6 is 0 Å². The van der Waals surface area contributed by atoms with E-state index < -0.39 is 11.6 Å². The lowest BCUT2D eigenvalue weighted by Crippen LogP contribution is -2.40. The van der Waals surface area contributed by atoms with Crippen molar-refractivity contribution in [3.63, 3.8) is 0 Å². The molecule has 1 atom stereocenters. The second-order valence-corrected chi connectivity index (χ2v) is 5.31. The smallest absolute Gasteiger partial charge is 0.319 e. The molecule has 2 rings (SSSR count). The molecular formula is C14H20N4O3. The highest BCUT2D eigenvalue weighted by Crippen LogP contribution is 2.26. The van der Waals surface area contributed by atoms with Crippen molar-refractivity contribution < 1.29 is 14.3 Å². The van der Waals surface area contributed by atoms with Crippen LogP contribution in [0, 0.1) is 13.8 Å². The third-order valence-corrected chi connectivity index (χ3v) is 3.18. The fourth-order valence-electron chi connectivity index (χ4n) is 2.17. The summed E-state index contributed by atoms with van der Waals surface area (Å²) in [5.74, 6) is 1.37. The molecule has 0 aliphatic carbocycles. The Bertz CT molecular complexity index is 642. The van der Waals surface area contributed by atoms with Gasteiger partial charge in [-0.05, 0) is 26.8 Å². The number of nitrogens with one attached hydrogen (secondary N) is 2. The van der Waals surface area contributed by atoms with Crippen molar-refractivity contribution >= 4 is 11.7 Å². The summed E-state index contributed by atoms with van der Waals surface area (Å²) in [6.45, 7) is 5.30. The predicted molar refractivity (Wildman–Crippen MR) is 78.0 cm³/mol. The molecule has 21 heavy (non-hydrogen) atoms. The number of nitrogens with zero attached hydrogens (tertiary/aromatic N) is 2. The van der Waals surface area contributed by atoms with Crippen LogP contribution in [0.25, 0.3) is 0 Å². The van der Waals surface area contributed by atoms with Gasteiger partial charge < -0.3 is 20.2 Å². The lowest BCUT2D eigenvalue weighted by molar-refractivity contribution is 0.0584. The van der Waals surface area contributed by atoms with Crippen LogP contribution in [0.4, 0.5) is 10.5 Å². The molecule has 0 radical (unpaired) electrons. The Morgan fingerprint density at radius 2 is 2.24 bits per heavy atom. The number of aryl methyl sites for hydroxylation is 3. The average Bonchev–Trinajstić information content (AvgIpc) is 2.93. The van der Waals surface area contributed by atoms with Crippen molar-refractivity contribution in [2.75, 3.05) is 11.9 Å². The van der Waals surface area contributed by atoms with Crippen molar-refractivity contribution in [1.82, 2.24) is 15.1 Å². The Kier molecular flexibility index (Phi) is 4.04. The van der Waals surface area contributed by atoms with Crippen LogP contribution in [0.5, 0.6) is 0 Å². The number of hydrogen-bond acceptors (Lipinski definition) is 4. The lowest BCUT2D eigenvalue weighted by atomic mass is 9.96. The number of carbonyl (C=O) groups excluding carboxylic acids is 1.